The highest BCUT2D eigenvalue weighted by molar-refractivity contribution is 5.14. The summed E-state index contributed by atoms with van der Waals surface area (Å²) in [6.45, 7) is 0.125. The molecule has 1 aromatic rings. The predicted molar refractivity (Wildman–Crippen MR) is 67.1 cm³/mol. The molecule has 100 valence electrons. The highest BCUT2D eigenvalue weighted by Gasteiger charge is 2.37. The van der Waals surface area contributed by atoms with E-state index in [9.17, 15) is 10.2 Å². The van der Waals surface area contributed by atoms with E-state index in [1.165, 1.54) is 5.56 Å². The van der Waals surface area contributed by atoms with E-state index in [0.29, 0.717) is 6.61 Å². The van der Waals surface area contributed by atoms with Crippen LogP contribution in [-0.2, 0) is 11.2 Å². The second-order valence-corrected chi connectivity index (χ2v) is 4.82. The second-order valence-electron chi connectivity index (χ2n) is 4.82. The number of hydrogen-bond acceptors (Lipinski definition) is 4. The minimum Gasteiger partial charge on any atom is -0.394 e. The summed E-state index contributed by atoms with van der Waals surface area (Å²) < 4.78 is 5.35. The zero-order valence-corrected chi connectivity index (χ0v) is 10.3. The van der Waals surface area contributed by atoms with E-state index < -0.39 is 18.3 Å². The average Bonchev–Trinajstić information content (AvgIpc) is 2.42. The molecule has 0 unspecified atom stereocenters. The van der Waals surface area contributed by atoms with Crippen LogP contribution in [0.4, 0.5) is 0 Å². The lowest BCUT2D eigenvalue weighted by atomic mass is 9.88. The first-order valence-electron chi connectivity index (χ1n) is 6.35. The van der Waals surface area contributed by atoms with Crippen LogP contribution >= 0.6 is 0 Å². The predicted octanol–water partition coefficient (Wildman–Crippen LogP) is 0.348. The minimum absolute atomic E-state index is 0.0805. The summed E-state index contributed by atoms with van der Waals surface area (Å²) in [5, 5.41) is 28.7. The van der Waals surface area contributed by atoms with E-state index in [4.69, 9.17) is 9.84 Å². The van der Waals surface area contributed by atoms with Gasteiger partial charge in [-0.3, -0.25) is 0 Å². The molecule has 4 nitrogen and oxygen atoms in total. The molecule has 0 amide bonds. The standard InChI is InChI=1S/C14H20O4/c15-8-12-14(17)13(16)11(9-18-12)7-6-10-4-2-1-3-5-10/h1-5,11-17H,6-9H2/t11-,12-,13-,14+/m1/s1. The Morgan fingerprint density at radius 3 is 2.50 bits per heavy atom. The van der Waals surface area contributed by atoms with E-state index in [2.05, 4.69) is 0 Å². The van der Waals surface area contributed by atoms with Gasteiger partial charge in [0.25, 0.3) is 0 Å². The van der Waals surface area contributed by atoms with Gasteiger partial charge in [0.15, 0.2) is 0 Å². The Bertz CT molecular complexity index is 354. The maximum Gasteiger partial charge on any atom is 0.109 e. The fourth-order valence-corrected chi connectivity index (χ4v) is 2.35. The largest absolute Gasteiger partial charge is 0.394 e. The lowest BCUT2D eigenvalue weighted by Gasteiger charge is -2.37. The van der Waals surface area contributed by atoms with Crippen molar-refractivity contribution in [3.8, 4) is 0 Å². The highest BCUT2D eigenvalue weighted by atomic mass is 16.5. The molecule has 1 aliphatic heterocycles. The maximum absolute atomic E-state index is 9.98. The topological polar surface area (TPSA) is 69.9 Å². The zero-order valence-electron chi connectivity index (χ0n) is 10.3. The summed E-state index contributed by atoms with van der Waals surface area (Å²) in [5.74, 6) is -0.0805. The molecular formula is C14H20O4. The van der Waals surface area contributed by atoms with Crippen LogP contribution in [0.5, 0.6) is 0 Å². The maximum atomic E-state index is 9.98. The van der Waals surface area contributed by atoms with Crippen molar-refractivity contribution in [1.82, 2.24) is 0 Å². The molecule has 0 bridgehead atoms. The summed E-state index contributed by atoms with van der Waals surface area (Å²) in [6, 6.07) is 10.0. The molecular weight excluding hydrogens is 232 g/mol. The van der Waals surface area contributed by atoms with Crippen molar-refractivity contribution in [3.05, 3.63) is 35.9 Å². The fourth-order valence-electron chi connectivity index (χ4n) is 2.35. The van der Waals surface area contributed by atoms with Crippen molar-refractivity contribution in [1.29, 1.82) is 0 Å². The van der Waals surface area contributed by atoms with Gasteiger partial charge < -0.3 is 20.1 Å². The van der Waals surface area contributed by atoms with Gasteiger partial charge in [0.05, 0.1) is 19.3 Å². The number of hydrogen-bond donors (Lipinski definition) is 3. The van der Waals surface area contributed by atoms with Crippen LogP contribution in [0.25, 0.3) is 0 Å². The van der Waals surface area contributed by atoms with Crippen molar-refractivity contribution in [2.45, 2.75) is 31.2 Å². The van der Waals surface area contributed by atoms with Gasteiger partial charge in [-0.1, -0.05) is 30.3 Å². The van der Waals surface area contributed by atoms with E-state index >= 15 is 0 Å². The molecule has 0 radical (unpaired) electrons. The normalized spacial score (nSPS) is 32.4. The van der Waals surface area contributed by atoms with Crippen molar-refractivity contribution in [2.24, 2.45) is 5.92 Å². The fraction of sp³-hybridized carbons (Fsp3) is 0.571. The molecule has 1 fully saturated rings. The van der Waals surface area contributed by atoms with Crippen LogP contribution in [0.2, 0.25) is 0 Å². The molecule has 0 aliphatic carbocycles. The molecule has 1 aromatic carbocycles. The summed E-state index contributed by atoms with van der Waals surface area (Å²) in [7, 11) is 0. The molecule has 3 N–H and O–H groups in total. The van der Waals surface area contributed by atoms with Crippen LogP contribution < -0.4 is 0 Å². The third-order valence-corrected chi connectivity index (χ3v) is 3.56. The van der Waals surface area contributed by atoms with Crippen LogP contribution in [0, 0.1) is 5.92 Å². The van der Waals surface area contributed by atoms with Gasteiger partial charge >= 0.3 is 0 Å². The highest BCUT2D eigenvalue weighted by Crippen LogP contribution is 2.24. The Balaban J connectivity index is 1.87. The lowest BCUT2D eigenvalue weighted by Crippen LogP contribution is -2.51. The average molecular weight is 252 g/mol. The molecule has 1 aliphatic rings. The molecule has 0 aromatic heterocycles. The van der Waals surface area contributed by atoms with Crippen LogP contribution in [0.15, 0.2) is 30.3 Å². The molecule has 0 saturated carbocycles. The Hall–Kier alpha value is -0.940. The molecule has 18 heavy (non-hydrogen) atoms. The van der Waals surface area contributed by atoms with E-state index in [-0.39, 0.29) is 12.5 Å². The Morgan fingerprint density at radius 1 is 1.11 bits per heavy atom. The van der Waals surface area contributed by atoms with Crippen LogP contribution in [0.3, 0.4) is 0 Å². The summed E-state index contributed by atoms with van der Waals surface area (Å²) in [5.41, 5.74) is 1.21. The van der Waals surface area contributed by atoms with Gasteiger partial charge in [-0.2, -0.15) is 0 Å². The third-order valence-electron chi connectivity index (χ3n) is 3.56. The first-order chi connectivity index (χ1) is 8.72. The summed E-state index contributed by atoms with van der Waals surface area (Å²) in [6.07, 6.45) is -0.861. The first-order valence-corrected chi connectivity index (χ1v) is 6.35. The molecule has 1 saturated heterocycles. The van der Waals surface area contributed by atoms with Gasteiger partial charge in [-0.05, 0) is 18.4 Å². The first kappa shape index (κ1) is 13.5. The number of aryl methyl sites for hydroxylation is 1. The van der Waals surface area contributed by atoms with E-state index in [0.717, 1.165) is 12.8 Å². The van der Waals surface area contributed by atoms with Gasteiger partial charge in [-0.15, -0.1) is 0 Å². The molecule has 0 spiro atoms. The van der Waals surface area contributed by atoms with Crippen molar-refractivity contribution in [3.63, 3.8) is 0 Å². The number of aliphatic hydroxyl groups is 3. The summed E-state index contributed by atoms with van der Waals surface area (Å²) >= 11 is 0. The van der Waals surface area contributed by atoms with E-state index in [1.807, 2.05) is 30.3 Å². The number of ether oxygens (including phenoxy) is 1. The van der Waals surface area contributed by atoms with Crippen LogP contribution in [0.1, 0.15) is 12.0 Å². The van der Waals surface area contributed by atoms with Gasteiger partial charge in [0.1, 0.15) is 12.2 Å². The van der Waals surface area contributed by atoms with Crippen molar-refractivity contribution in [2.75, 3.05) is 13.2 Å². The lowest BCUT2D eigenvalue weighted by molar-refractivity contribution is -0.175. The van der Waals surface area contributed by atoms with Crippen molar-refractivity contribution < 1.29 is 20.1 Å². The van der Waals surface area contributed by atoms with Gasteiger partial charge in [0.2, 0.25) is 0 Å². The number of rotatable bonds is 4. The second kappa shape index (κ2) is 6.29. The molecule has 4 atom stereocenters. The Morgan fingerprint density at radius 2 is 1.83 bits per heavy atom. The zero-order chi connectivity index (χ0) is 13.0. The quantitative estimate of drug-likeness (QED) is 0.723. The van der Waals surface area contributed by atoms with Crippen molar-refractivity contribution >= 4 is 0 Å². The van der Waals surface area contributed by atoms with Gasteiger partial charge in [0, 0.05) is 5.92 Å². The molecule has 1 heterocycles. The van der Waals surface area contributed by atoms with E-state index in [1.54, 1.807) is 0 Å². The van der Waals surface area contributed by atoms with Gasteiger partial charge in [-0.25, -0.2) is 0 Å². The number of benzene rings is 1. The third kappa shape index (κ3) is 3.09. The summed E-state index contributed by atoms with van der Waals surface area (Å²) in [4.78, 5) is 0. The van der Waals surface area contributed by atoms with Crippen LogP contribution in [-0.4, -0.2) is 46.8 Å². The molecule has 2 rings (SSSR count). The SMILES string of the molecule is OC[C@H]1OC[C@@H](CCc2ccccc2)[C@@H](O)[C@H]1O. The minimum atomic E-state index is -0.996. The monoisotopic (exact) mass is 252 g/mol. The smallest absolute Gasteiger partial charge is 0.109 e. The Kier molecular flexibility index (Phi) is 4.72. The Labute approximate surface area is 107 Å². The molecule has 4 heteroatoms. The number of aliphatic hydroxyl groups excluding tert-OH is 3.